The maximum absolute atomic E-state index is 11.4. The van der Waals surface area contributed by atoms with Gasteiger partial charge in [0.1, 0.15) is 11.3 Å². The lowest BCUT2D eigenvalue weighted by Crippen LogP contribution is -2.23. The zero-order valence-corrected chi connectivity index (χ0v) is 17.4. The molecule has 1 unspecified atom stereocenters. The van der Waals surface area contributed by atoms with Crippen LogP contribution in [0.5, 0.6) is 0 Å². The molecule has 152 valence electrons. The average Bonchev–Trinajstić information content (AvgIpc) is 3.06. The van der Waals surface area contributed by atoms with E-state index in [1.807, 2.05) is 6.92 Å². The van der Waals surface area contributed by atoms with E-state index in [0.29, 0.717) is 18.2 Å². The number of allylic oxidation sites excluding steroid dienone is 1. The highest BCUT2D eigenvalue weighted by Gasteiger charge is 2.23. The number of pyridine rings is 1. The molecule has 1 amide bonds. The highest BCUT2D eigenvalue weighted by atomic mass is 16.1. The minimum absolute atomic E-state index is 0.115. The number of nitrogen functional groups attached to an aromatic ring is 1. The number of anilines is 1. The lowest BCUT2D eigenvalue weighted by Gasteiger charge is -2.19. The van der Waals surface area contributed by atoms with E-state index in [2.05, 4.69) is 35.9 Å². The SMILES string of the molecule is CCCCc1nc2c(N)nc3c(c2n1CCCCNC(=O)CC)C=CCC3C. The number of aromatic nitrogens is 3. The molecule has 1 atom stereocenters. The third-order valence-corrected chi connectivity index (χ3v) is 5.51. The van der Waals surface area contributed by atoms with Crippen molar-refractivity contribution in [3.05, 3.63) is 23.2 Å². The number of carbonyl (C=O) groups is 1. The zero-order chi connectivity index (χ0) is 20.1. The molecule has 0 saturated carbocycles. The molecule has 2 aromatic rings. The van der Waals surface area contributed by atoms with Crippen LogP contribution in [-0.2, 0) is 17.8 Å². The Morgan fingerprint density at radius 1 is 1.29 bits per heavy atom. The van der Waals surface area contributed by atoms with Crippen LogP contribution < -0.4 is 11.1 Å². The van der Waals surface area contributed by atoms with E-state index in [1.54, 1.807) is 0 Å². The maximum atomic E-state index is 11.4. The Balaban J connectivity index is 1.91. The van der Waals surface area contributed by atoms with E-state index < -0.39 is 0 Å². The van der Waals surface area contributed by atoms with Crippen LogP contribution in [0.4, 0.5) is 5.82 Å². The second kappa shape index (κ2) is 9.22. The maximum Gasteiger partial charge on any atom is 0.219 e. The van der Waals surface area contributed by atoms with Crippen LogP contribution in [0.3, 0.4) is 0 Å². The molecule has 0 spiro atoms. The largest absolute Gasteiger partial charge is 0.382 e. The number of aryl methyl sites for hydroxylation is 2. The van der Waals surface area contributed by atoms with Crippen molar-refractivity contribution in [2.75, 3.05) is 12.3 Å². The zero-order valence-electron chi connectivity index (χ0n) is 17.4. The molecular formula is C22H33N5O. The van der Waals surface area contributed by atoms with Gasteiger partial charge in [-0.15, -0.1) is 0 Å². The van der Waals surface area contributed by atoms with Crippen LogP contribution in [0, 0.1) is 0 Å². The number of hydrogen-bond acceptors (Lipinski definition) is 4. The van der Waals surface area contributed by atoms with Gasteiger partial charge in [-0.25, -0.2) is 9.97 Å². The first-order valence-electron chi connectivity index (χ1n) is 10.7. The predicted octanol–water partition coefficient (Wildman–Crippen LogP) is 4.18. The number of nitrogens with one attached hydrogen (secondary N) is 1. The quantitative estimate of drug-likeness (QED) is 0.636. The molecule has 28 heavy (non-hydrogen) atoms. The summed E-state index contributed by atoms with van der Waals surface area (Å²) in [6.07, 6.45) is 11.1. The normalized spacial score (nSPS) is 15.8. The fraction of sp³-hybridized carbons (Fsp3) is 0.591. The third-order valence-electron chi connectivity index (χ3n) is 5.51. The second-order valence-electron chi connectivity index (χ2n) is 7.73. The Hall–Kier alpha value is -2.37. The monoisotopic (exact) mass is 383 g/mol. The fourth-order valence-corrected chi connectivity index (χ4v) is 3.87. The number of nitrogens with zero attached hydrogens (tertiary/aromatic N) is 3. The second-order valence-corrected chi connectivity index (χ2v) is 7.73. The van der Waals surface area contributed by atoms with Gasteiger partial charge in [0.25, 0.3) is 0 Å². The van der Waals surface area contributed by atoms with Crippen LogP contribution in [-0.4, -0.2) is 27.0 Å². The van der Waals surface area contributed by atoms with E-state index >= 15 is 0 Å². The lowest BCUT2D eigenvalue weighted by atomic mass is 9.92. The Morgan fingerprint density at radius 2 is 2.11 bits per heavy atom. The van der Waals surface area contributed by atoms with Crippen LogP contribution in [0.25, 0.3) is 17.1 Å². The Kier molecular flexibility index (Phi) is 6.70. The van der Waals surface area contributed by atoms with Gasteiger partial charge >= 0.3 is 0 Å². The number of amides is 1. The van der Waals surface area contributed by atoms with Crippen molar-refractivity contribution in [2.45, 2.75) is 78.2 Å². The number of imidazole rings is 1. The van der Waals surface area contributed by atoms with Crippen molar-refractivity contribution in [3.8, 4) is 0 Å². The van der Waals surface area contributed by atoms with Crippen molar-refractivity contribution in [2.24, 2.45) is 0 Å². The molecule has 2 heterocycles. The van der Waals surface area contributed by atoms with E-state index in [9.17, 15) is 4.79 Å². The third kappa shape index (κ3) is 4.21. The first-order valence-corrected chi connectivity index (χ1v) is 10.7. The van der Waals surface area contributed by atoms with Crippen molar-refractivity contribution >= 4 is 28.8 Å². The number of unbranched alkanes of at least 4 members (excludes halogenated alkanes) is 2. The molecule has 3 rings (SSSR count). The van der Waals surface area contributed by atoms with Crippen LogP contribution in [0.1, 0.15) is 82.3 Å². The average molecular weight is 384 g/mol. The van der Waals surface area contributed by atoms with Gasteiger partial charge in [0, 0.05) is 37.4 Å². The Bertz CT molecular complexity index is 868. The highest BCUT2D eigenvalue weighted by Crippen LogP contribution is 2.35. The molecule has 0 radical (unpaired) electrons. The summed E-state index contributed by atoms with van der Waals surface area (Å²) in [4.78, 5) is 21.0. The van der Waals surface area contributed by atoms with E-state index in [1.165, 1.54) is 5.56 Å². The van der Waals surface area contributed by atoms with Gasteiger partial charge in [-0.05, 0) is 25.7 Å². The first-order chi connectivity index (χ1) is 13.6. The van der Waals surface area contributed by atoms with E-state index in [4.69, 9.17) is 15.7 Å². The molecule has 0 aliphatic heterocycles. The molecule has 0 saturated heterocycles. The first kappa shape index (κ1) is 20.4. The molecule has 2 aromatic heterocycles. The van der Waals surface area contributed by atoms with Crippen molar-refractivity contribution < 1.29 is 4.79 Å². The van der Waals surface area contributed by atoms with Gasteiger partial charge in [0.05, 0.1) is 11.2 Å². The van der Waals surface area contributed by atoms with Gasteiger partial charge in [-0.2, -0.15) is 0 Å². The molecule has 1 aliphatic rings. The highest BCUT2D eigenvalue weighted by molar-refractivity contribution is 5.93. The summed E-state index contributed by atoms with van der Waals surface area (Å²) in [5.74, 6) is 2.13. The van der Waals surface area contributed by atoms with Gasteiger partial charge in [-0.1, -0.05) is 39.3 Å². The smallest absolute Gasteiger partial charge is 0.219 e. The number of carbonyl (C=O) groups excluding carboxylic acids is 1. The summed E-state index contributed by atoms with van der Waals surface area (Å²) >= 11 is 0. The topological polar surface area (TPSA) is 85.8 Å². The molecular weight excluding hydrogens is 350 g/mol. The van der Waals surface area contributed by atoms with Crippen molar-refractivity contribution in [3.63, 3.8) is 0 Å². The summed E-state index contributed by atoms with van der Waals surface area (Å²) in [6.45, 7) is 7.89. The minimum Gasteiger partial charge on any atom is -0.382 e. The number of fused-ring (bicyclic) bond motifs is 3. The predicted molar refractivity (Wildman–Crippen MR) is 115 cm³/mol. The van der Waals surface area contributed by atoms with Gasteiger partial charge < -0.3 is 15.6 Å². The summed E-state index contributed by atoms with van der Waals surface area (Å²) in [7, 11) is 0. The molecule has 1 aliphatic carbocycles. The molecule has 3 N–H and O–H groups in total. The van der Waals surface area contributed by atoms with Crippen molar-refractivity contribution in [1.82, 2.24) is 19.9 Å². The summed E-state index contributed by atoms with van der Waals surface area (Å²) in [5, 5.41) is 2.96. The Labute approximate surface area is 167 Å². The van der Waals surface area contributed by atoms with Crippen LogP contribution in [0.2, 0.25) is 0 Å². The fourth-order valence-electron chi connectivity index (χ4n) is 3.87. The molecule has 0 fully saturated rings. The van der Waals surface area contributed by atoms with Crippen LogP contribution >= 0.6 is 0 Å². The lowest BCUT2D eigenvalue weighted by molar-refractivity contribution is -0.120. The summed E-state index contributed by atoms with van der Waals surface area (Å²) in [5.41, 5.74) is 10.6. The molecule has 6 heteroatoms. The van der Waals surface area contributed by atoms with Gasteiger partial charge in [0.15, 0.2) is 5.82 Å². The van der Waals surface area contributed by atoms with Gasteiger partial charge in [-0.3, -0.25) is 4.79 Å². The molecule has 0 aromatic carbocycles. The standard InChI is InChI=1S/C22H33N5O/c1-4-6-12-17-25-20-21(27(17)14-8-7-13-24-18(28)5-2)16-11-9-10-15(3)19(16)26-22(20)23/h9,11,15H,4-8,10,12-14H2,1-3H3,(H2,23,26)(H,24,28). The molecule has 0 bridgehead atoms. The summed E-state index contributed by atoms with van der Waals surface area (Å²) < 4.78 is 2.35. The van der Waals surface area contributed by atoms with Crippen LogP contribution in [0.15, 0.2) is 6.08 Å². The number of nitrogens with two attached hydrogens (primary N) is 1. The summed E-state index contributed by atoms with van der Waals surface area (Å²) in [6, 6.07) is 0. The van der Waals surface area contributed by atoms with E-state index in [-0.39, 0.29) is 5.91 Å². The molecule has 6 nitrogen and oxygen atoms in total. The van der Waals surface area contributed by atoms with Gasteiger partial charge in [0.2, 0.25) is 5.91 Å². The Morgan fingerprint density at radius 3 is 2.86 bits per heavy atom. The minimum atomic E-state index is 0.115. The number of rotatable bonds is 9. The van der Waals surface area contributed by atoms with Crippen molar-refractivity contribution in [1.29, 1.82) is 0 Å². The van der Waals surface area contributed by atoms with E-state index in [0.717, 1.165) is 74.2 Å². The number of hydrogen-bond donors (Lipinski definition) is 2.